The third kappa shape index (κ3) is 2.33. The Labute approximate surface area is 66.4 Å². The monoisotopic (exact) mass is 158 g/mol. The molecule has 0 fully saturated rings. The molecule has 0 aliphatic heterocycles. The first kappa shape index (κ1) is 10.1. The topological polar surface area (TPSA) is 54.4 Å². The fraction of sp³-hybridized carbons (Fsp3) is 0.750. The van der Waals surface area contributed by atoms with Crippen LogP contribution in [0.5, 0.6) is 0 Å². The minimum Gasteiger partial charge on any atom is -0.481 e. The molecule has 0 aliphatic carbocycles. The third-order valence-electron chi connectivity index (χ3n) is 2.23. The molecule has 1 unspecified atom stereocenters. The zero-order chi connectivity index (χ0) is 9.07. The van der Waals surface area contributed by atoms with Crippen molar-refractivity contribution in [3.63, 3.8) is 0 Å². The molecule has 0 spiro atoms. The Balaban J connectivity index is 4.28. The Hall–Kier alpha value is -0.860. The van der Waals surface area contributed by atoms with Crippen LogP contribution in [-0.2, 0) is 9.59 Å². The van der Waals surface area contributed by atoms with Gasteiger partial charge in [0.25, 0.3) is 0 Å². The number of carboxylic acids is 1. The molecule has 0 saturated heterocycles. The fourth-order valence-corrected chi connectivity index (χ4v) is 0.650. The molecule has 0 heterocycles. The molecule has 0 rings (SSSR count). The van der Waals surface area contributed by atoms with E-state index in [1.165, 1.54) is 0 Å². The van der Waals surface area contributed by atoms with Crippen molar-refractivity contribution in [1.29, 1.82) is 0 Å². The Morgan fingerprint density at radius 1 is 1.64 bits per heavy atom. The highest BCUT2D eigenvalue weighted by atomic mass is 16.4. The van der Waals surface area contributed by atoms with Crippen LogP contribution in [0.1, 0.15) is 27.2 Å². The zero-order valence-corrected chi connectivity index (χ0v) is 7.13. The number of hydrogen-bond acceptors (Lipinski definition) is 2. The van der Waals surface area contributed by atoms with E-state index < -0.39 is 11.4 Å². The van der Waals surface area contributed by atoms with Crippen LogP contribution in [-0.4, -0.2) is 17.4 Å². The lowest BCUT2D eigenvalue weighted by atomic mass is 9.78. The van der Waals surface area contributed by atoms with Gasteiger partial charge in [-0.1, -0.05) is 6.92 Å². The first-order valence-electron chi connectivity index (χ1n) is 3.60. The smallest absolute Gasteiger partial charge is 0.309 e. The van der Waals surface area contributed by atoms with Crippen molar-refractivity contribution in [1.82, 2.24) is 0 Å². The molecule has 64 valence electrons. The van der Waals surface area contributed by atoms with E-state index in [1.807, 2.05) is 0 Å². The minimum absolute atomic E-state index is 0.113. The standard InChI is InChI=1S/C8H14O3/c1-6(4-5-9)8(2,3)7(10)11/h5-6H,4H2,1-3H3,(H,10,11). The van der Waals surface area contributed by atoms with Crippen LogP contribution in [0, 0.1) is 11.3 Å². The normalized spacial score (nSPS) is 14.1. The van der Waals surface area contributed by atoms with Gasteiger partial charge in [0, 0.05) is 6.42 Å². The summed E-state index contributed by atoms with van der Waals surface area (Å²) in [5.41, 5.74) is -0.805. The van der Waals surface area contributed by atoms with Crippen LogP contribution in [0.2, 0.25) is 0 Å². The maximum Gasteiger partial charge on any atom is 0.309 e. The molecule has 0 aliphatic rings. The Bertz CT molecular complexity index is 161. The summed E-state index contributed by atoms with van der Waals surface area (Å²) in [5, 5.41) is 8.72. The molecule has 11 heavy (non-hydrogen) atoms. The lowest BCUT2D eigenvalue weighted by Gasteiger charge is -2.25. The number of carbonyl (C=O) groups is 2. The van der Waals surface area contributed by atoms with Gasteiger partial charge in [0.15, 0.2) is 0 Å². The van der Waals surface area contributed by atoms with Crippen LogP contribution in [0.3, 0.4) is 0 Å². The first-order valence-corrected chi connectivity index (χ1v) is 3.60. The van der Waals surface area contributed by atoms with Crippen LogP contribution in [0.4, 0.5) is 0 Å². The molecule has 1 atom stereocenters. The number of aliphatic carboxylic acids is 1. The van der Waals surface area contributed by atoms with Crippen molar-refractivity contribution in [3.05, 3.63) is 0 Å². The summed E-state index contributed by atoms with van der Waals surface area (Å²) in [6, 6.07) is 0. The molecule has 0 amide bonds. The first-order chi connectivity index (χ1) is 4.92. The van der Waals surface area contributed by atoms with E-state index >= 15 is 0 Å². The summed E-state index contributed by atoms with van der Waals surface area (Å²) in [5.74, 6) is -0.968. The second-order valence-electron chi connectivity index (χ2n) is 3.33. The van der Waals surface area contributed by atoms with Crippen LogP contribution in [0.25, 0.3) is 0 Å². The van der Waals surface area contributed by atoms with E-state index in [9.17, 15) is 9.59 Å². The number of carbonyl (C=O) groups excluding carboxylic acids is 1. The SMILES string of the molecule is CC(CC=O)C(C)(C)C(=O)O. The van der Waals surface area contributed by atoms with E-state index in [2.05, 4.69) is 0 Å². The number of rotatable bonds is 4. The van der Waals surface area contributed by atoms with Crippen LogP contribution in [0.15, 0.2) is 0 Å². The van der Waals surface area contributed by atoms with Gasteiger partial charge in [0.05, 0.1) is 5.41 Å². The molecule has 3 heteroatoms. The lowest BCUT2D eigenvalue weighted by Crippen LogP contribution is -2.31. The van der Waals surface area contributed by atoms with Gasteiger partial charge in [-0.2, -0.15) is 0 Å². The predicted molar refractivity (Wildman–Crippen MR) is 41.3 cm³/mol. The van der Waals surface area contributed by atoms with Crippen LogP contribution >= 0.6 is 0 Å². The molecular formula is C8H14O3. The summed E-state index contributed by atoms with van der Waals surface area (Å²) in [7, 11) is 0. The second-order valence-corrected chi connectivity index (χ2v) is 3.33. The fourth-order valence-electron chi connectivity index (χ4n) is 0.650. The van der Waals surface area contributed by atoms with Gasteiger partial charge in [0.2, 0.25) is 0 Å². The maximum atomic E-state index is 10.6. The molecule has 0 bridgehead atoms. The van der Waals surface area contributed by atoms with Gasteiger partial charge in [-0.15, -0.1) is 0 Å². The van der Waals surface area contributed by atoms with Crippen molar-refractivity contribution in [3.8, 4) is 0 Å². The summed E-state index contributed by atoms with van der Waals surface area (Å²) in [6.45, 7) is 5.02. The van der Waals surface area contributed by atoms with Gasteiger partial charge >= 0.3 is 5.97 Å². The van der Waals surface area contributed by atoms with E-state index in [0.717, 1.165) is 6.29 Å². The van der Waals surface area contributed by atoms with Gasteiger partial charge < -0.3 is 9.90 Å². The molecule has 0 aromatic carbocycles. The Morgan fingerprint density at radius 2 is 2.09 bits per heavy atom. The van der Waals surface area contributed by atoms with Crippen molar-refractivity contribution >= 4 is 12.3 Å². The Morgan fingerprint density at radius 3 is 2.36 bits per heavy atom. The molecule has 0 aromatic rings. The van der Waals surface area contributed by atoms with Gasteiger partial charge in [-0.25, -0.2) is 0 Å². The molecule has 1 N–H and O–H groups in total. The lowest BCUT2D eigenvalue weighted by molar-refractivity contribution is -0.149. The minimum atomic E-state index is -0.855. The highest BCUT2D eigenvalue weighted by Crippen LogP contribution is 2.28. The highest BCUT2D eigenvalue weighted by molar-refractivity contribution is 5.74. The van der Waals surface area contributed by atoms with Crippen LogP contribution < -0.4 is 0 Å². The number of hydrogen-bond donors (Lipinski definition) is 1. The van der Waals surface area contributed by atoms with Crippen molar-refractivity contribution in [2.75, 3.05) is 0 Å². The third-order valence-corrected chi connectivity index (χ3v) is 2.23. The van der Waals surface area contributed by atoms with E-state index in [0.29, 0.717) is 6.42 Å². The summed E-state index contributed by atoms with van der Waals surface area (Å²) in [4.78, 5) is 20.7. The summed E-state index contributed by atoms with van der Waals surface area (Å²) < 4.78 is 0. The average molecular weight is 158 g/mol. The maximum absolute atomic E-state index is 10.6. The molecule has 0 aromatic heterocycles. The van der Waals surface area contributed by atoms with Gasteiger partial charge in [-0.3, -0.25) is 4.79 Å². The number of aldehydes is 1. The van der Waals surface area contributed by atoms with E-state index in [1.54, 1.807) is 20.8 Å². The number of carboxylic acid groups (broad SMARTS) is 1. The highest BCUT2D eigenvalue weighted by Gasteiger charge is 2.33. The molecule has 0 saturated carbocycles. The Kier molecular flexibility index (Phi) is 3.23. The summed E-state index contributed by atoms with van der Waals surface area (Å²) >= 11 is 0. The van der Waals surface area contributed by atoms with E-state index in [-0.39, 0.29) is 5.92 Å². The quantitative estimate of drug-likeness (QED) is 0.628. The molecule has 3 nitrogen and oxygen atoms in total. The van der Waals surface area contributed by atoms with Crippen molar-refractivity contribution in [2.24, 2.45) is 11.3 Å². The molecular weight excluding hydrogens is 144 g/mol. The van der Waals surface area contributed by atoms with E-state index in [4.69, 9.17) is 5.11 Å². The van der Waals surface area contributed by atoms with Crippen molar-refractivity contribution < 1.29 is 14.7 Å². The molecule has 0 radical (unpaired) electrons. The largest absolute Gasteiger partial charge is 0.481 e. The van der Waals surface area contributed by atoms with Gasteiger partial charge in [0.1, 0.15) is 6.29 Å². The average Bonchev–Trinajstić information content (AvgIpc) is 1.88. The van der Waals surface area contributed by atoms with Crippen molar-refractivity contribution in [2.45, 2.75) is 27.2 Å². The van der Waals surface area contributed by atoms with Gasteiger partial charge in [-0.05, 0) is 19.8 Å². The summed E-state index contributed by atoms with van der Waals surface area (Å²) in [6.07, 6.45) is 1.06. The predicted octanol–water partition coefficient (Wildman–Crippen LogP) is 1.32. The second kappa shape index (κ2) is 3.51. The zero-order valence-electron chi connectivity index (χ0n) is 7.13.